The SMILES string of the molecule is CCCCCCCCCCCCC(CCCCCCCCCCCC)(C[N+](C)(C)C)OP(=O)(OC)OC. The lowest BCUT2D eigenvalue weighted by atomic mass is 9.88. The molecule has 0 unspecified atom stereocenters. The normalized spacial score (nSPS) is 12.9. The average Bonchev–Trinajstić information content (AvgIpc) is 2.85. The van der Waals surface area contributed by atoms with Crippen molar-refractivity contribution in [1.29, 1.82) is 0 Å². The summed E-state index contributed by atoms with van der Waals surface area (Å²) in [5.41, 5.74) is -0.486. The topological polar surface area (TPSA) is 44.8 Å². The maximum absolute atomic E-state index is 13.1. The Labute approximate surface area is 233 Å². The smallest absolute Gasteiger partial charge is 0.329 e. The first kappa shape index (κ1) is 37.1. The Hall–Kier alpha value is 0.0700. The van der Waals surface area contributed by atoms with Crippen molar-refractivity contribution in [2.45, 2.75) is 161 Å². The van der Waals surface area contributed by atoms with Crippen molar-refractivity contribution >= 4 is 7.82 Å². The van der Waals surface area contributed by atoms with E-state index in [-0.39, 0.29) is 0 Å². The Kier molecular flexibility index (Phi) is 22.9. The van der Waals surface area contributed by atoms with Crippen LogP contribution in [0.15, 0.2) is 0 Å². The van der Waals surface area contributed by atoms with Crippen LogP contribution < -0.4 is 0 Å². The van der Waals surface area contributed by atoms with E-state index in [9.17, 15) is 4.57 Å². The molecule has 0 saturated heterocycles. The van der Waals surface area contributed by atoms with Crippen LogP contribution in [-0.4, -0.2) is 52.0 Å². The van der Waals surface area contributed by atoms with Crippen LogP contribution in [0, 0.1) is 0 Å². The summed E-state index contributed by atoms with van der Waals surface area (Å²) in [6, 6.07) is 0. The molecule has 0 aromatic heterocycles. The molecule has 0 aliphatic heterocycles. The molecule has 0 aromatic rings. The summed E-state index contributed by atoms with van der Waals surface area (Å²) in [6.07, 6.45) is 28.0. The first-order chi connectivity index (χ1) is 17.7. The molecule has 0 aliphatic carbocycles. The van der Waals surface area contributed by atoms with Gasteiger partial charge in [0.1, 0.15) is 12.1 Å². The molecule has 0 radical (unpaired) electrons. The lowest BCUT2D eigenvalue weighted by Gasteiger charge is -2.40. The van der Waals surface area contributed by atoms with Crippen molar-refractivity contribution in [2.24, 2.45) is 0 Å². The van der Waals surface area contributed by atoms with Crippen LogP contribution in [-0.2, 0) is 18.1 Å². The van der Waals surface area contributed by atoms with Gasteiger partial charge in [0.15, 0.2) is 0 Å². The number of hydrogen-bond acceptors (Lipinski definition) is 4. The zero-order chi connectivity index (χ0) is 27.9. The second-order valence-electron chi connectivity index (χ2n) is 12.4. The third-order valence-corrected chi connectivity index (χ3v) is 8.99. The molecule has 0 spiro atoms. The standard InChI is InChI=1S/C31H67NO4P/c1-8-10-12-14-16-18-20-22-24-26-28-31(30-32(3,4)5,36-37(33,34-6)35-7)29-27-25-23-21-19-17-15-13-11-9-2/h8-30H2,1-7H3/q+1. The Balaban J connectivity index is 4.81. The molecule has 0 aromatic carbocycles. The van der Waals surface area contributed by atoms with Gasteiger partial charge in [-0.1, -0.05) is 142 Å². The van der Waals surface area contributed by atoms with Gasteiger partial charge in [0.2, 0.25) is 0 Å². The number of quaternary nitrogens is 1. The summed E-state index contributed by atoms with van der Waals surface area (Å²) < 4.78 is 30.8. The molecule has 0 rings (SSSR count). The van der Waals surface area contributed by atoms with Crippen LogP contribution in [0.2, 0.25) is 0 Å². The van der Waals surface area contributed by atoms with Crippen molar-refractivity contribution in [1.82, 2.24) is 0 Å². The monoisotopic (exact) mass is 548 g/mol. The molecule has 0 N–H and O–H groups in total. The molecule has 0 saturated carbocycles. The van der Waals surface area contributed by atoms with E-state index in [1.807, 2.05) is 0 Å². The Morgan fingerprint density at radius 2 is 0.838 bits per heavy atom. The van der Waals surface area contributed by atoms with Gasteiger partial charge in [0.05, 0.1) is 21.1 Å². The molecule has 224 valence electrons. The summed E-state index contributed by atoms with van der Waals surface area (Å²) in [7, 11) is 5.89. The minimum Gasteiger partial charge on any atom is -0.329 e. The maximum atomic E-state index is 13.1. The van der Waals surface area contributed by atoms with Gasteiger partial charge in [-0.25, -0.2) is 4.57 Å². The first-order valence-corrected chi connectivity index (χ1v) is 17.3. The summed E-state index contributed by atoms with van der Waals surface area (Å²) in [6.45, 7) is 5.35. The summed E-state index contributed by atoms with van der Waals surface area (Å²) >= 11 is 0. The lowest BCUT2D eigenvalue weighted by Crippen LogP contribution is -2.50. The predicted octanol–water partition coefficient (Wildman–Crippen LogP) is 10.5. The molecular formula is C31H67NO4P+. The van der Waals surface area contributed by atoms with Crippen LogP contribution in [0.3, 0.4) is 0 Å². The zero-order valence-corrected chi connectivity index (χ0v) is 27.2. The number of nitrogens with zero attached hydrogens (tertiary/aromatic N) is 1. The second-order valence-corrected chi connectivity index (χ2v) is 14.2. The van der Waals surface area contributed by atoms with Crippen LogP contribution in [0.25, 0.3) is 0 Å². The van der Waals surface area contributed by atoms with Gasteiger partial charge in [-0.2, -0.15) is 0 Å². The molecule has 0 fully saturated rings. The molecule has 5 nitrogen and oxygen atoms in total. The maximum Gasteiger partial charge on any atom is 0.474 e. The zero-order valence-electron chi connectivity index (χ0n) is 26.3. The van der Waals surface area contributed by atoms with Crippen LogP contribution in [0.4, 0.5) is 0 Å². The molecule has 0 atom stereocenters. The highest BCUT2D eigenvalue weighted by Gasteiger charge is 2.43. The molecule has 0 amide bonds. The van der Waals surface area contributed by atoms with Crippen LogP contribution >= 0.6 is 7.82 Å². The van der Waals surface area contributed by atoms with Gasteiger partial charge in [0, 0.05) is 14.2 Å². The van der Waals surface area contributed by atoms with E-state index in [0.717, 1.165) is 36.7 Å². The van der Waals surface area contributed by atoms with Gasteiger partial charge in [-0.05, 0) is 12.8 Å². The Morgan fingerprint density at radius 1 is 0.541 bits per heavy atom. The molecule has 6 heteroatoms. The largest absolute Gasteiger partial charge is 0.474 e. The number of hydrogen-bond donors (Lipinski definition) is 0. The van der Waals surface area contributed by atoms with Crippen molar-refractivity contribution in [3.63, 3.8) is 0 Å². The highest BCUT2D eigenvalue weighted by atomic mass is 31.2. The lowest BCUT2D eigenvalue weighted by molar-refractivity contribution is -0.876. The van der Waals surface area contributed by atoms with E-state index in [4.69, 9.17) is 13.6 Å². The van der Waals surface area contributed by atoms with Crippen molar-refractivity contribution < 1.29 is 22.6 Å². The summed E-state index contributed by atoms with van der Waals surface area (Å²) in [5.74, 6) is 0. The number of unbranched alkanes of at least 4 members (excludes halogenated alkanes) is 18. The van der Waals surface area contributed by atoms with Gasteiger partial charge < -0.3 is 4.48 Å². The third kappa shape index (κ3) is 21.6. The number of phosphoric ester groups is 1. The highest BCUT2D eigenvalue weighted by molar-refractivity contribution is 7.48. The number of rotatable bonds is 28. The van der Waals surface area contributed by atoms with Gasteiger partial charge in [0.25, 0.3) is 0 Å². The summed E-state index contributed by atoms with van der Waals surface area (Å²) in [4.78, 5) is 0. The highest BCUT2D eigenvalue weighted by Crippen LogP contribution is 2.53. The Bertz CT molecular complexity index is 518. The Morgan fingerprint density at radius 3 is 1.11 bits per heavy atom. The summed E-state index contributed by atoms with van der Waals surface area (Å²) in [5, 5.41) is 0. The van der Waals surface area contributed by atoms with Crippen molar-refractivity contribution in [3.05, 3.63) is 0 Å². The van der Waals surface area contributed by atoms with Crippen LogP contribution in [0.1, 0.15) is 155 Å². The van der Waals surface area contributed by atoms with Crippen LogP contribution in [0.5, 0.6) is 0 Å². The number of phosphoric acid groups is 1. The molecule has 37 heavy (non-hydrogen) atoms. The fourth-order valence-corrected chi connectivity index (χ4v) is 6.54. The van der Waals surface area contributed by atoms with Gasteiger partial charge in [-0.15, -0.1) is 0 Å². The van der Waals surface area contributed by atoms with E-state index < -0.39 is 13.4 Å². The fourth-order valence-electron chi connectivity index (χ4n) is 5.52. The van der Waals surface area contributed by atoms with E-state index in [0.29, 0.717) is 0 Å². The van der Waals surface area contributed by atoms with Gasteiger partial charge >= 0.3 is 7.82 Å². The molecular weight excluding hydrogens is 481 g/mol. The minimum absolute atomic E-state index is 0.486. The molecule has 0 heterocycles. The predicted molar refractivity (Wildman–Crippen MR) is 161 cm³/mol. The number of likely N-dealkylation sites (N-methyl/N-ethyl adjacent to an activating group) is 1. The van der Waals surface area contributed by atoms with E-state index >= 15 is 0 Å². The molecule has 0 bridgehead atoms. The minimum atomic E-state index is -3.56. The average molecular weight is 549 g/mol. The first-order valence-electron chi connectivity index (χ1n) is 15.9. The van der Waals surface area contributed by atoms with Gasteiger partial charge in [-0.3, -0.25) is 13.6 Å². The fraction of sp³-hybridized carbons (Fsp3) is 1.00. The van der Waals surface area contributed by atoms with Crippen molar-refractivity contribution in [2.75, 3.05) is 41.9 Å². The van der Waals surface area contributed by atoms with E-state index in [1.54, 1.807) is 0 Å². The van der Waals surface area contributed by atoms with E-state index in [2.05, 4.69) is 35.0 Å². The third-order valence-electron chi connectivity index (χ3n) is 7.49. The van der Waals surface area contributed by atoms with E-state index in [1.165, 1.54) is 130 Å². The molecule has 0 aliphatic rings. The van der Waals surface area contributed by atoms with Crippen molar-refractivity contribution in [3.8, 4) is 0 Å². The quantitative estimate of drug-likeness (QED) is 0.0554. The second kappa shape index (κ2) is 22.8.